The van der Waals surface area contributed by atoms with Gasteiger partial charge in [-0.2, -0.15) is 4.99 Å². The fourth-order valence-corrected chi connectivity index (χ4v) is 6.69. The van der Waals surface area contributed by atoms with E-state index >= 15 is 0 Å². The van der Waals surface area contributed by atoms with Crippen molar-refractivity contribution >= 4 is 68.2 Å². The van der Waals surface area contributed by atoms with Gasteiger partial charge >= 0.3 is 0 Å². The Morgan fingerprint density at radius 3 is 0.961 bits per heavy atom. The molecule has 0 atom stereocenters. The maximum atomic E-state index is 5.28. The highest BCUT2D eigenvalue weighted by atomic mass is 32.1. The van der Waals surface area contributed by atoms with Crippen LogP contribution >= 0.6 is 12.2 Å². The number of aromatic nitrogens is 3. The van der Waals surface area contributed by atoms with Crippen molar-refractivity contribution in [2.45, 2.75) is 0 Å². The van der Waals surface area contributed by atoms with Crippen molar-refractivity contribution in [3.05, 3.63) is 191 Å². The molecule has 3 aromatic heterocycles. The van der Waals surface area contributed by atoms with E-state index in [9.17, 15) is 0 Å². The van der Waals surface area contributed by atoms with Crippen molar-refractivity contribution in [2.24, 2.45) is 25.0 Å². The number of thiocarbonyl (C=S) groups is 1. The van der Waals surface area contributed by atoms with Gasteiger partial charge in [-0.05, 0) is 132 Å². The molecule has 238 valence electrons. The van der Waals surface area contributed by atoms with Crippen LogP contribution in [0, 0.1) is 0 Å². The van der Waals surface area contributed by atoms with Gasteiger partial charge in [0.15, 0.2) is 0 Å². The Labute approximate surface area is 298 Å². The van der Waals surface area contributed by atoms with Crippen molar-refractivity contribution in [3.63, 3.8) is 0 Å². The molecule has 8 nitrogen and oxygen atoms in total. The second-order valence-corrected chi connectivity index (χ2v) is 12.0. The Balaban J connectivity index is 1.36. The molecule has 5 aliphatic heterocycles. The molecule has 4 aromatic rings. The zero-order valence-corrected chi connectivity index (χ0v) is 27.7. The van der Waals surface area contributed by atoms with E-state index in [0.29, 0.717) is 0 Å². The lowest BCUT2D eigenvalue weighted by atomic mass is 9.98. The molecule has 0 spiro atoms. The fourth-order valence-electron chi connectivity index (χ4n) is 6.58. The van der Waals surface area contributed by atoms with Crippen LogP contribution in [0.3, 0.4) is 0 Å². The standard InChI is InChI=1S/C42H24N8S/c51-25-46-30-3-1-26(2-4-30)39-31-5-7-33(47-31)40(27-13-19-43-20-14-27)35-9-11-37(49-35)42(29-17-23-45-24-18-29)38-12-10-36(50-38)41(28-15-21-44-22-16-28)34-8-6-32(39)48-34/h1-24H. The normalized spacial score (nSPS) is 17.3. The third-order valence-corrected chi connectivity index (χ3v) is 8.94. The van der Waals surface area contributed by atoms with E-state index in [1.54, 1.807) is 37.2 Å². The smallest absolute Gasteiger partial charge is 0.0739 e. The molecule has 9 rings (SSSR count). The van der Waals surface area contributed by atoms with Gasteiger partial charge in [-0.15, -0.1) is 0 Å². The molecule has 51 heavy (non-hydrogen) atoms. The van der Waals surface area contributed by atoms with E-state index in [1.165, 1.54) is 0 Å². The van der Waals surface area contributed by atoms with Gasteiger partial charge in [0.25, 0.3) is 0 Å². The maximum absolute atomic E-state index is 5.28. The first-order valence-corrected chi connectivity index (χ1v) is 16.6. The Hall–Kier alpha value is -6.93. The lowest BCUT2D eigenvalue weighted by molar-refractivity contribution is 1.31. The summed E-state index contributed by atoms with van der Waals surface area (Å²) in [5.74, 6) is 0. The number of benzene rings is 1. The summed E-state index contributed by atoms with van der Waals surface area (Å²) in [6.07, 6.45) is 27.0. The number of rotatable bonds is 5. The average Bonchev–Trinajstić information content (AvgIpc) is 4.02. The van der Waals surface area contributed by atoms with E-state index in [1.807, 2.05) is 109 Å². The summed E-state index contributed by atoms with van der Waals surface area (Å²) in [7, 11) is 0. The first-order chi connectivity index (χ1) is 25.2. The van der Waals surface area contributed by atoms with Crippen LogP contribution in [-0.2, 0) is 0 Å². The van der Waals surface area contributed by atoms with E-state index in [2.05, 4.69) is 25.1 Å². The molecule has 9 heteroatoms. The van der Waals surface area contributed by atoms with Crippen LogP contribution in [0.5, 0.6) is 0 Å². The van der Waals surface area contributed by atoms with E-state index < -0.39 is 0 Å². The summed E-state index contributed by atoms with van der Waals surface area (Å²) in [5.41, 5.74) is 14.3. The lowest BCUT2D eigenvalue weighted by Crippen LogP contribution is -2.03. The summed E-state index contributed by atoms with van der Waals surface area (Å²) in [5, 5.41) is 2.45. The number of hydrogen-bond acceptors (Lipinski definition) is 9. The minimum atomic E-state index is 0.718. The molecule has 0 saturated heterocycles. The first-order valence-electron chi connectivity index (χ1n) is 16.2. The molecule has 8 heterocycles. The third-order valence-electron chi connectivity index (χ3n) is 8.85. The highest BCUT2D eigenvalue weighted by Crippen LogP contribution is 2.38. The van der Waals surface area contributed by atoms with Crippen molar-refractivity contribution in [3.8, 4) is 0 Å². The fraction of sp³-hybridized carbons (Fsp3) is 0. The molecule has 5 aliphatic rings. The summed E-state index contributed by atoms with van der Waals surface area (Å²) in [4.78, 5) is 38.1. The van der Waals surface area contributed by atoms with Crippen LogP contribution in [-0.4, -0.2) is 43.0 Å². The SMILES string of the molecule is S=C=Nc1ccc(C2=C3C=CC(=N3)C(c3ccncc3)=C3C=CC(=N3)C(c3ccncc3)=C3C=CC(=N3)C(c3ccncc3)=C3C=CC2=N3)cc1. The minimum Gasteiger partial charge on any atom is -0.265 e. The predicted octanol–water partition coefficient (Wildman–Crippen LogP) is 8.61. The predicted molar refractivity (Wildman–Crippen MR) is 208 cm³/mol. The van der Waals surface area contributed by atoms with Crippen LogP contribution < -0.4 is 0 Å². The average molecular weight is 673 g/mol. The number of hydrogen-bond donors (Lipinski definition) is 0. The number of pyridine rings is 3. The molecule has 0 amide bonds. The zero-order valence-electron chi connectivity index (χ0n) is 26.8. The summed E-state index contributed by atoms with van der Waals surface area (Å²) < 4.78 is 0. The third kappa shape index (κ3) is 5.58. The Morgan fingerprint density at radius 2 is 0.667 bits per heavy atom. The van der Waals surface area contributed by atoms with Gasteiger partial charge in [-0.25, -0.2) is 20.0 Å². The molecular formula is C42H24N8S. The quantitative estimate of drug-likeness (QED) is 0.157. The van der Waals surface area contributed by atoms with Gasteiger partial charge in [0.2, 0.25) is 0 Å². The Bertz CT molecular complexity index is 2530. The van der Waals surface area contributed by atoms with Crippen molar-refractivity contribution < 1.29 is 0 Å². The largest absolute Gasteiger partial charge is 0.265 e. The second-order valence-electron chi connectivity index (χ2n) is 11.8. The summed E-state index contributed by atoms with van der Waals surface area (Å²) in [6.45, 7) is 0. The van der Waals surface area contributed by atoms with Gasteiger partial charge in [0, 0.05) is 59.5 Å². The minimum absolute atomic E-state index is 0.718. The number of isothiocyanates is 1. The van der Waals surface area contributed by atoms with Gasteiger partial charge < -0.3 is 0 Å². The summed E-state index contributed by atoms with van der Waals surface area (Å²) in [6, 6.07) is 19.8. The van der Waals surface area contributed by atoms with Crippen LogP contribution in [0.1, 0.15) is 22.3 Å². The molecule has 1 aromatic carbocycles. The molecule has 0 fully saturated rings. The second kappa shape index (κ2) is 12.8. The van der Waals surface area contributed by atoms with Gasteiger partial charge in [0.1, 0.15) is 0 Å². The number of fused-ring (bicyclic) bond motifs is 4. The zero-order chi connectivity index (χ0) is 34.1. The summed E-state index contributed by atoms with van der Waals surface area (Å²) >= 11 is 4.85. The van der Waals surface area contributed by atoms with E-state index in [0.717, 1.165) is 95.9 Å². The first kappa shape index (κ1) is 30.2. The number of aliphatic imine (C=N–C) groups is 5. The van der Waals surface area contributed by atoms with Gasteiger partial charge in [-0.1, -0.05) is 12.1 Å². The molecule has 0 aliphatic carbocycles. The molecule has 0 N–H and O–H groups in total. The van der Waals surface area contributed by atoms with Crippen molar-refractivity contribution in [1.82, 2.24) is 15.0 Å². The Kier molecular flexibility index (Phi) is 7.59. The van der Waals surface area contributed by atoms with E-state index in [-0.39, 0.29) is 0 Å². The van der Waals surface area contributed by atoms with Gasteiger partial charge in [-0.3, -0.25) is 15.0 Å². The maximum Gasteiger partial charge on any atom is 0.0739 e. The highest BCUT2D eigenvalue weighted by molar-refractivity contribution is 7.78. The van der Waals surface area contributed by atoms with Crippen LogP contribution in [0.15, 0.2) is 194 Å². The number of nitrogens with zero attached hydrogens (tertiary/aromatic N) is 8. The molecular weight excluding hydrogens is 649 g/mol. The topological polar surface area (TPSA) is 100 Å². The van der Waals surface area contributed by atoms with Crippen molar-refractivity contribution in [1.29, 1.82) is 0 Å². The van der Waals surface area contributed by atoms with Crippen LogP contribution in [0.2, 0.25) is 0 Å². The molecule has 0 radical (unpaired) electrons. The van der Waals surface area contributed by atoms with Gasteiger partial charge in [0.05, 0.1) is 56.5 Å². The molecule has 0 saturated carbocycles. The van der Waals surface area contributed by atoms with Crippen LogP contribution in [0.25, 0.3) is 22.3 Å². The lowest BCUT2D eigenvalue weighted by Gasteiger charge is -2.12. The Morgan fingerprint density at radius 1 is 0.373 bits per heavy atom. The van der Waals surface area contributed by atoms with Crippen molar-refractivity contribution in [2.75, 3.05) is 0 Å². The molecule has 8 bridgehead atoms. The van der Waals surface area contributed by atoms with Crippen LogP contribution in [0.4, 0.5) is 5.69 Å². The van der Waals surface area contributed by atoms with E-state index in [4.69, 9.17) is 32.2 Å². The highest BCUT2D eigenvalue weighted by Gasteiger charge is 2.27. The monoisotopic (exact) mass is 672 g/mol. The number of allylic oxidation sites excluding steroid dienone is 12. The molecule has 0 unspecified atom stereocenters.